The van der Waals surface area contributed by atoms with Gasteiger partial charge in [-0.2, -0.15) is 5.10 Å². The number of para-hydroxylation sites is 1. The molecule has 4 aromatic rings. The van der Waals surface area contributed by atoms with E-state index in [1.54, 1.807) is 36.7 Å². The van der Waals surface area contributed by atoms with Gasteiger partial charge in [0.05, 0.1) is 28.1 Å². The van der Waals surface area contributed by atoms with Crippen LogP contribution in [0.1, 0.15) is 10.4 Å². The van der Waals surface area contributed by atoms with Gasteiger partial charge in [0.1, 0.15) is 5.49 Å². The van der Waals surface area contributed by atoms with Crippen LogP contribution in [0.2, 0.25) is 0 Å². The van der Waals surface area contributed by atoms with Crippen molar-refractivity contribution in [3.8, 4) is 5.69 Å². The standard InChI is InChI=1S/C21H15N5O3/c27-21(24-13-5-4-8-20(24)23-17-6-2-1-3-7-17)16-14-22-25(15-16)18-9-11-19(12-10-18)26(28)29/h1-15H. The Hall–Kier alpha value is -4.33. The van der Waals surface area contributed by atoms with Gasteiger partial charge in [0, 0.05) is 24.5 Å². The topological polar surface area (TPSA) is 95.3 Å². The number of hydrogen-bond donors (Lipinski definition) is 0. The lowest BCUT2D eigenvalue weighted by Gasteiger charge is -2.04. The quantitative estimate of drug-likeness (QED) is 0.397. The normalized spacial score (nSPS) is 11.4. The van der Waals surface area contributed by atoms with Crippen molar-refractivity contribution in [3.63, 3.8) is 0 Å². The van der Waals surface area contributed by atoms with Crippen molar-refractivity contribution >= 4 is 17.3 Å². The smallest absolute Gasteiger partial charge is 0.268 e. The zero-order valence-corrected chi connectivity index (χ0v) is 15.1. The number of nitro benzene ring substituents is 1. The second kappa shape index (κ2) is 7.73. The van der Waals surface area contributed by atoms with E-state index in [0.717, 1.165) is 5.69 Å². The highest BCUT2D eigenvalue weighted by molar-refractivity contribution is 5.95. The van der Waals surface area contributed by atoms with Gasteiger partial charge >= 0.3 is 0 Å². The summed E-state index contributed by atoms with van der Waals surface area (Å²) in [4.78, 5) is 27.9. The molecule has 0 fully saturated rings. The van der Waals surface area contributed by atoms with E-state index in [2.05, 4.69) is 10.1 Å². The highest BCUT2D eigenvalue weighted by Crippen LogP contribution is 2.15. The third-order valence-electron chi connectivity index (χ3n) is 4.21. The van der Waals surface area contributed by atoms with Crippen LogP contribution in [0.3, 0.4) is 0 Å². The predicted octanol–water partition coefficient (Wildman–Crippen LogP) is 3.50. The van der Waals surface area contributed by atoms with Gasteiger partial charge in [0.2, 0.25) is 0 Å². The van der Waals surface area contributed by atoms with Crippen LogP contribution in [0.15, 0.2) is 96.4 Å². The Balaban J connectivity index is 1.67. The molecule has 0 radical (unpaired) electrons. The Morgan fingerprint density at radius 3 is 2.41 bits per heavy atom. The summed E-state index contributed by atoms with van der Waals surface area (Å²) in [5, 5.41) is 15.0. The molecule has 0 saturated heterocycles. The zero-order valence-electron chi connectivity index (χ0n) is 15.1. The summed E-state index contributed by atoms with van der Waals surface area (Å²) in [6.07, 6.45) is 4.68. The Kier molecular flexibility index (Phi) is 4.81. The van der Waals surface area contributed by atoms with Gasteiger partial charge in [-0.3, -0.25) is 19.5 Å². The number of carbonyl (C=O) groups excluding carboxylic acids is 1. The number of nitrogens with zero attached hydrogens (tertiary/aromatic N) is 5. The van der Waals surface area contributed by atoms with E-state index < -0.39 is 4.92 Å². The van der Waals surface area contributed by atoms with E-state index >= 15 is 0 Å². The van der Waals surface area contributed by atoms with Gasteiger partial charge in [-0.15, -0.1) is 0 Å². The fourth-order valence-electron chi connectivity index (χ4n) is 2.77. The minimum absolute atomic E-state index is 0.00999. The molecule has 0 atom stereocenters. The summed E-state index contributed by atoms with van der Waals surface area (Å²) in [7, 11) is 0. The highest BCUT2D eigenvalue weighted by Gasteiger charge is 2.13. The molecule has 0 unspecified atom stereocenters. The van der Waals surface area contributed by atoms with Gasteiger partial charge in [0.15, 0.2) is 0 Å². The number of hydrogen-bond acceptors (Lipinski definition) is 5. The number of pyridine rings is 1. The molecule has 2 aromatic heterocycles. The molecule has 8 nitrogen and oxygen atoms in total. The van der Waals surface area contributed by atoms with Gasteiger partial charge in [-0.25, -0.2) is 9.67 Å². The Labute approximate surface area is 165 Å². The van der Waals surface area contributed by atoms with Crippen LogP contribution in [-0.4, -0.2) is 25.2 Å². The largest absolute Gasteiger partial charge is 0.269 e. The molecular formula is C21H15N5O3. The van der Waals surface area contributed by atoms with Crippen LogP contribution in [0, 0.1) is 10.1 Å². The molecule has 0 spiro atoms. The first-order valence-corrected chi connectivity index (χ1v) is 8.73. The van der Waals surface area contributed by atoms with Crippen molar-refractivity contribution in [2.45, 2.75) is 0 Å². The molecule has 0 amide bonds. The maximum atomic E-state index is 13.0. The molecule has 0 aliphatic carbocycles. The Bertz CT molecular complexity index is 1240. The molecular weight excluding hydrogens is 370 g/mol. The summed E-state index contributed by atoms with van der Waals surface area (Å²) >= 11 is 0. The Morgan fingerprint density at radius 2 is 1.69 bits per heavy atom. The molecule has 2 aromatic carbocycles. The number of rotatable bonds is 4. The molecule has 29 heavy (non-hydrogen) atoms. The number of nitro groups is 1. The van der Waals surface area contributed by atoms with Gasteiger partial charge in [0.25, 0.3) is 11.6 Å². The maximum absolute atomic E-state index is 13.0. The van der Waals surface area contributed by atoms with Gasteiger partial charge < -0.3 is 0 Å². The number of benzene rings is 2. The molecule has 142 valence electrons. The minimum Gasteiger partial charge on any atom is -0.268 e. The monoisotopic (exact) mass is 385 g/mol. The Morgan fingerprint density at radius 1 is 0.966 bits per heavy atom. The summed E-state index contributed by atoms with van der Waals surface area (Å²) in [6, 6.07) is 20.6. The average molecular weight is 385 g/mol. The fraction of sp³-hybridized carbons (Fsp3) is 0. The maximum Gasteiger partial charge on any atom is 0.269 e. The predicted molar refractivity (Wildman–Crippen MR) is 106 cm³/mol. The van der Waals surface area contributed by atoms with Crippen molar-refractivity contribution in [2.75, 3.05) is 0 Å². The van der Waals surface area contributed by atoms with E-state index in [4.69, 9.17) is 0 Å². The molecule has 0 N–H and O–H groups in total. The van der Waals surface area contributed by atoms with Crippen LogP contribution >= 0.6 is 0 Å². The van der Waals surface area contributed by atoms with Crippen molar-refractivity contribution < 1.29 is 9.72 Å². The third kappa shape index (κ3) is 3.86. The molecule has 0 aliphatic heterocycles. The summed E-state index contributed by atoms with van der Waals surface area (Å²) in [6.45, 7) is 0. The SMILES string of the molecule is O=C(c1cnn(-c2ccc([N+](=O)[O-])cc2)c1)n1ccccc1=Nc1ccccc1. The second-order valence-corrected chi connectivity index (χ2v) is 6.13. The first-order chi connectivity index (χ1) is 14.1. The lowest BCUT2D eigenvalue weighted by molar-refractivity contribution is -0.384. The number of carbonyl (C=O) groups is 1. The van der Waals surface area contributed by atoms with Crippen LogP contribution in [-0.2, 0) is 0 Å². The first kappa shape index (κ1) is 18.1. The van der Waals surface area contributed by atoms with Crippen molar-refractivity contribution in [3.05, 3.63) is 113 Å². The summed E-state index contributed by atoms with van der Waals surface area (Å²) in [5.74, 6) is -0.284. The van der Waals surface area contributed by atoms with E-state index in [1.807, 2.05) is 36.4 Å². The van der Waals surface area contributed by atoms with Crippen LogP contribution in [0.4, 0.5) is 11.4 Å². The number of non-ortho nitro benzene ring substituents is 1. The van der Waals surface area contributed by atoms with E-state index in [0.29, 0.717) is 16.7 Å². The molecule has 0 saturated carbocycles. The first-order valence-electron chi connectivity index (χ1n) is 8.73. The van der Waals surface area contributed by atoms with Crippen LogP contribution in [0.5, 0.6) is 0 Å². The third-order valence-corrected chi connectivity index (χ3v) is 4.21. The van der Waals surface area contributed by atoms with Crippen molar-refractivity contribution in [2.24, 2.45) is 4.99 Å². The van der Waals surface area contributed by atoms with E-state index in [9.17, 15) is 14.9 Å². The van der Waals surface area contributed by atoms with Gasteiger partial charge in [-0.1, -0.05) is 24.3 Å². The fourth-order valence-corrected chi connectivity index (χ4v) is 2.77. The lowest BCUT2D eigenvalue weighted by atomic mass is 10.3. The van der Waals surface area contributed by atoms with Crippen molar-refractivity contribution in [1.82, 2.24) is 14.3 Å². The molecule has 0 aliphatic rings. The molecule has 2 heterocycles. The molecule has 0 bridgehead atoms. The number of aromatic nitrogens is 3. The van der Waals surface area contributed by atoms with Crippen molar-refractivity contribution in [1.29, 1.82) is 0 Å². The highest BCUT2D eigenvalue weighted by atomic mass is 16.6. The van der Waals surface area contributed by atoms with Crippen LogP contribution in [0.25, 0.3) is 5.69 Å². The van der Waals surface area contributed by atoms with Gasteiger partial charge in [-0.05, 0) is 36.4 Å². The minimum atomic E-state index is -0.467. The lowest BCUT2D eigenvalue weighted by Crippen LogP contribution is -2.26. The van der Waals surface area contributed by atoms with E-state index in [-0.39, 0.29) is 11.6 Å². The average Bonchev–Trinajstić information content (AvgIpc) is 3.25. The summed E-state index contributed by atoms with van der Waals surface area (Å²) < 4.78 is 2.94. The second-order valence-electron chi connectivity index (χ2n) is 6.13. The summed E-state index contributed by atoms with van der Waals surface area (Å²) in [5.41, 5.74) is 2.20. The zero-order chi connectivity index (χ0) is 20.2. The van der Waals surface area contributed by atoms with E-state index in [1.165, 1.54) is 27.6 Å². The molecule has 4 rings (SSSR count). The van der Waals surface area contributed by atoms with Crippen LogP contribution < -0.4 is 5.49 Å². The molecule has 8 heteroatoms.